The van der Waals surface area contributed by atoms with Crippen molar-refractivity contribution in [2.75, 3.05) is 0 Å². The Morgan fingerprint density at radius 2 is 1.34 bits per heavy atom. The van der Waals surface area contributed by atoms with Gasteiger partial charge in [0.1, 0.15) is 5.75 Å². The third-order valence-electron chi connectivity index (χ3n) is 7.12. The number of hydrogen-bond acceptors (Lipinski definition) is 2. The summed E-state index contributed by atoms with van der Waals surface area (Å²) in [5.41, 5.74) is 4.29. The second-order valence-electron chi connectivity index (χ2n) is 14.0. The highest BCUT2D eigenvalue weighted by molar-refractivity contribution is 6.07. The van der Waals surface area contributed by atoms with Gasteiger partial charge in [-0.15, -0.1) is 0 Å². The normalized spacial score (nSPS) is 24.3. The second kappa shape index (κ2) is 7.08. The molecule has 3 rings (SSSR count). The third-order valence-corrected chi connectivity index (χ3v) is 7.12. The molecule has 1 heterocycles. The molecule has 1 spiro atoms. The van der Waals surface area contributed by atoms with Gasteiger partial charge in [0.2, 0.25) is 5.78 Å². The summed E-state index contributed by atoms with van der Waals surface area (Å²) in [6.07, 6.45) is 4.26. The lowest BCUT2D eigenvalue weighted by Gasteiger charge is -2.39. The molecular formula is C30H44O2. The molecule has 0 saturated carbocycles. The van der Waals surface area contributed by atoms with E-state index >= 15 is 0 Å². The van der Waals surface area contributed by atoms with E-state index in [-0.39, 0.29) is 33.4 Å². The highest BCUT2D eigenvalue weighted by Gasteiger charge is 2.55. The molecule has 0 aromatic heterocycles. The van der Waals surface area contributed by atoms with Crippen molar-refractivity contribution in [1.82, 2.24) is 0 Å². The van der Waals surface area contributed by atoms with Crippen LogP contribution >= 0.6 is 0 Å². The third kappa shape index (κ3) is 3.99. The van der Waals surface area contributed by atoms with Crippen LogP contribution in [0.3, 0.4) is 0 Å². The van der Waals surface area contributed by atoms with Gasteiger partial charge in [-0.1, -0.05) is 108 Å². The zero-order chi connectivity index (χ0) is 24.7. The van der Waals surface area contributed by atoms with Crippen molar-refractivity contribution in [2.45, 2.75) is 112 Å². The molecule has 2 unspecified atom stereocenters. The maximum atomic E-state index is 14.2. The number of Topliss-reactive ketones (excluding diaryl/α,β-unsaturated/α-hetero) is 1. The summed E-state index contributed by atoms with van der Waals surface area (Å²) in [7, 11) is 0. The standard InChI is InChI=1S/C30H44O2/c1-18-21-14-19(26(2,3)4)15-22(28(8,9)10)24(21)32-30(18)17-20(27(5,6)7)16-23(25(30)31)29(11,12)13/h14-18H,1-13H3. The smallest absolute Gasteiger partial charge is 0.207 e. The molecule has 0 radical (unpaired) electrons. The van der Waals surface area contributed by atoms with Crippen molar-refractivity contribution in [3.05, 3.63) is 52.1 Å². The van der Waals surface area contributed by atoms with Gasteiger partial charge in [-0.2, -0.15) is 0 Å². The first-order valence-corrected chi connectivity index (χ1v) is 12.1. The van der Waals surface area contributed by atoms with Gasteiger partial charge >= 0.3 is 0 Å². The Labute approximate surface area is 196 Å². The Morgan fingerprint density at radius 1 is 0.781 bits per heavy atom. The van der Waals surface area contributed by atoms with Crippen molar-refractivity contribution in [3.63, 3.8) is 0 Å². The van der Waals surface area contributed by atoms with Gasteiger partial charge in [-0.05, 0) is 38.9 Å². The van der Waals surface area contributed by atoms with Crippen LogP contribution in [0.5, 0.6) is 5.75 Å². The van der Waals surface area contributed by atoms with Gasteiger partial charge in [-0.3, -0.25) is 4.79 Å². The van der Waals surface area contributed by atoms with Crippen LogP contribution in [0.15, 0.2) is 35.4 Å². The van der Waals surface area contributed by atoms with Crippen LogP contribution in [0, 0.1) is 10.8 Å². The Hall–Kier alpha value is -1.83. The van der Waals surface area contributed by atoms with Crippen molar-refractivity contribution in [2.24, 2.45) is 10.8 Å². The van der Waals surface area contributed by atoms with Crippen LogP contribution in [0.2, 0.25) is 0 Å². The maximum Gasteiger partial charge on any atom is 0.207 e. The summed E-state index contributed by atoms with van der Waals surface area (Å²) in [6.45, 7) is 28.6. The fourth-order valence-electron chi connectivity index (χ4n) is 4.72. The van der Waals surface area contributed by atoms with Crippen molar-refractivity contribution < 1.29 is 9.53 Å². The van der Waals surface area contributed by atoms with Gasteiger partial charge in [0.25, 0.3) is 0 Å². The Balaban J connectivity index is 2.32. The number of ether oxygens (including phenoxy) is 1. The molecule has 1 aromatic rings. The zero-order valence-corrected chi connectivity index (χ0v) is 22.7. The molecule has 0 amide bonds. The monoisotopic (exact) mass is 436 g/mol. The van der Waals surface area contributed by atoms with E-state index in [1.807, 2.05) is 0 Å². The molecule has 2 heteroatoms. The van der Waals surface area contributed by atoms with Crippen LogP contribution in [-0.4, -0.2) is 11.4 Å². The number of carbonyl (C=O) groups excluding carboxylic acids is 1. The molecule has 0 saturated heterocycles. The van der Waals surface area contributed by atoms with E-state index in [1.54, 1.807) is 0 Å². The molecule has 1 aliphatic carbocycles. The molecule has 2 aliphatic rings. The Bertz CT molecular complexity index is 1010. The summed E-state index contributed by atoms with van der Waals surface area (Å²) in [5, 5.41) is 0. The average Bonchev–Trinajstić information content (AvgIpc) is 2.86. The SMILES string of the molecule is CC1c2cc(C(C)(C)C)cc(C(C)(C)C)c2OC12C=C(C(C)(C)C)C=C(C(C)(C)C)C2=O. The molecular weight excluding hydrogens is 392 g/mol. The highest BCUT2D eigenvalue weighted by atomic mass is 16.5. The van der Waals surface area contributed by atoms with E-state index in [0.717, 1.165) is 16.9 Å². The lowest BCUT2D eigenvalue weighted by molar-refractivity contribution is -0.128. The predicted octanol–water partition coefficient (Wildman–Crippen LogP) is 8.04. The van der Waals surface area contributed by atoms with Crippen LogP contribution in [-0.2, 0) is 15.6 Å². The zero-order valence-electron chi connectivity index (χ0n) is 22.7. The highest BCUT2D eigenvalue weighted by Crippen LogP contribution is 2.55. The van der Waals surface area contributed by atoms with Crippen molar-refractivity contribution >= 4 is 5.78 Å². The van der Waals surface area contributed by atoms with Gasteiger partial charge in [0.05, 0.1) is 0 Å². The van der Waals surface area contributed by atoms with Gasteiger partial charge in [-0.25, -0.2) is 0 Å². The minimum Gasteiger partial charge on any atom is -0.474 e. The second-order valence-corrected chi connectivity index (χ2v) is 14.0. The van der Waals surface area contributed by atoms with E-state index < -0.39 is 5.60 Å². The first-order valence-electron chi connectivity index (χ1n) is 12.1. The summed E-state index contributed by atoms with van der Waals surface area (Å²) in [4.78, 5) is 14.2. The van der Waals surface area contributed by atoms with E-state index in [1.165, 1.54) is 16.7 Å². The van der Waals surface area contributed by atoms with Gasteiger partial charge in [0, 0.05) is 22.6 Å². The van der Waals surface area contributed by atoms with E-state index in [9.17, 15) is 4.79 Å². The topological polar surface area (TPSA) is 26.3 Å². The largest absolute Gasteiger partial charge is 0.474 e. The van der Waals surface area contributed by atoms with Crippen molar-refractivity contribution in [3.8, 4) is 5.75 Å². The molecule has 0 bridgehead atoms. The van der Waals surface area contributed by atoms with Crippen LogP contribution in [0.4, 0.5) is 0 Å². The number of ketones is 1. The van der Waals surface area contributed by atoms with Crippen LogP contribution in [0.25, 0.3) is 0 Å². The first kappa shape index (κ1) is 24.8. The molecule has 0 N–H and O–H groups in total. The van der Waals surface area contributed by atoms with E-state index in [2.05, 4.69) is 114 Å². The van der Waals surface area contributed by atoms with Crippen molar-refractivity contribution in [1.29, 1.82) is 0 Å². The lowest BCUT2D eigenvalue weighted by Crippen LogP contribution is -2.49. The summed E-state index contributed by atoms with van der Waals surface area (Å²) < 4.78 is 6.87. The number of carbonyl (C=O) groups is 1. The fourth-order valence-corrected chi connectivity index (χ4v) is 4.72. The first-order chi connectivity index (χ1) is 14.2. The molecule has 32 heavy (non-hydrogen) atoms. The predicted molar refractivity (Wildman–Crippen MR) is 136 cm³/mol. The molecule has 1 aromatic carbocycles. The quantitative estimate of drug-likeness (QED) is 0.411. The number of rotatable bonds is 0. The lowest BCUT2D eigenvalue weighted by atomic mass is 9.66. The number of fused-ring (bicyclic) bond motifs is 1. The Kier molecular flexibility index (Phi) is 5.49. The van der Waals surface area contributed by atoms with E-state index in [0.29, 0.717) is 0 Å². The van der Waals surface area contributed by atoms with Gasteiger partial charge in [0.15, 0.2) is 5.60 Å². The molecule has 1 aliphatic heterocycles. The Morgan fingerprint density at radius 3 is 1.78 bits per heavy atom. The molecule has 176 valence electrons. The summed E-state index contributed by atoms with van der Waals surface area (Å²) in [6, 6.07) is 4.59. The minimum absolute atomic E-state index is 0.0178. The van der Waals surface area contributed by atoms with Crippen LogP contribution < -0.4 is 4.74 Å². The molecule has 2 nitrogen and oxygen atoms in total. The number of hydrogen-bond donors (Lipinski definition) is 0. The summed E-state index contributed by atoms with van der Waals surface area (Å²) in [5.74, 6) is 0.960. The number of allylic oxidation sites excluding steroid dienone is 2. The van der Waals surface area contributed by atoms with Crippen LogP contribution in [0.1, 0.15) is 113 Å². The van der Waals surface area contributed by atoms with Gasteiger partial charge < -0.3 is 4.74 Å². The molecule has 0 fully saturated rings. The minimum atomic E-state index is -0.987. The molecule has 2 atom stereocenters. The number of benzene rings is 1. The summed E-state index contributed by atoms with van der Waals surface area (Å²) >= 11 is 0. The van der Waals surface area contributed by atoms with E-state index in [4.69, 9.17) is 4.74 Å². The fraction of sp³-hybridized carbons (Fsp3) is 0.633. The average molecular weight is 437 g/mol. The maximum absolute atomic E-state index is 14.2.